The van der Waals surface area contributed by atoms with Crippen LogP contribution in [0.15, 0.2) is 18.2 Å². The second kappa shape index (κ2) is 3.85. The first-order chi connectivity index (χ1) is 8.60. The molecule has 2 heterocycles. The third kappa shape index (κ3) is 1.69. The molecule has 94 valence electrons. The third-order valence-corrected chi connectivity index (χ3v) is 3.57. The summed E-state index contributed by atoms with van der Waals surface area (Å²) in [5.74, 6) is -0.0909. The van der Waals surface area contributed by atoms with Gasteiger partial charge in [0.2, 0.25) is 0 Å². The van der Waals surface area contributed by atoms with Crippen LogP contribution in [-0.4, -0.2) is 29.8 Å². The van der Waals surface area contributed by atoms with E-state index < -0.39 is 5.97 Å². The molecule has 0 unspecified atom stereocenters. The topological polar surface area (TPSA) is 58.6 Å². The molecular weight excluding hydrogens is 230 g/mol. The first-order valence-corrected chi connectivity index (χ1v) is 6.03. The Bertz CT molecular complexity index is 544. The Balaban J connectivity index is 2.05. The number of benzene rings is 1. The van der Waals surface area contributed by atoms with Crippen LogP contribution in [0, 0.1) is 6.92 Å². The van der Waals surface area contributed by atoms with Gasteiger partial charge in [0, 0.05) is 24.2 Å². The van der Waals surface area contributed by atoms with Crippen LogP contribution in [0.3, 0.4) is 0 Å². The highest BCUT2D eigenvalue weighted by Gasteiger charge is 2.39. The Morgan fingerprint density at radius 3 is 2.89 bits per heavy atom. The van der Waals surface area contributed by atoms with Gasteiger partial charge >= 0.3 is 5.97 Å². The van der Waals surface area contributed by atoms with Gasteiger partial charge in [-0.1, -0.05) is 18.2 Å². The SMILES string of the molecule is Cc1ccc2c(c1CC(=O)O)OC1(C=C2)CNC1. The number of fused-ring (bicyclic) bond motifs is 1. The number of carboxylic acids is 1. The van der Waals surface area contributed by atoms with Gasteiger partial charge in [-0.3, -0.25) is 4.79 Å². The highest BCUT2D eigenvalue weighted by atomic mass is 16.5. The summed E-state index contributed by atoms with van der Waals surface area (Å²) in [6.45, 7) is 3.48. The average Bonchev–Trinajstić information content (AvgIpc) is 2.30. The molecule has 0 saturated carbocycles. The van der Waals surface area contributed by atoms with Crippen LogP contribution in [0.4, 0.5) is 0 Å². The summed E-state index contributed by atoms with van der Waals surface area (Å²) in [6, 6.07) is 3.92. The molecule has 1 spiro atoms. The second-order valence-corrected chi connectivity index (χ2v) is 4.95. The lowest BCUT2D eigenvalue weighted by Gasteiger charge is -2.43. The van der Waals surface area contributed by atoms with Crippen LogP contribution in [0.25, 0.3) is 6.08 Å². The third-order valence-electron chi connectivity index (χ3n) is 3.57. The Kier molecular flexibility index (Phi) is 2.41. The van der Waals surface area contributed by atoms with E-state index in [1.807, 2.05) is 25.1 Å². The molecule has 18 heavy (non-hydrogen) atoms. The highest BCUT2D eigenvalue weighted by Crippen LogP contribution is 2.37. The van der Waals surface area contributed by atoms with Crippen molar-refractivity contribution in [1.82, 2.24) is 5.32 Å². The van der Waals surface area contributed by atoms with E-state index in [0.29, 0.717) is 0 Å². The Hall–Kier alpha value is -1.81. The minimum absolute atomic E-state index is 0.00630. The molecule has 1 aromatic rings. The molecule has 0 aromatic heterocycles. The molecule has 2 aliphatic heterocycles. The van der Waals surface area contributed by atoms with Crippen molar-refractivity contribution in [3.05, 3.63) is 34.9 Å². The number of hydrogen-bond acceptors (Lipinski definition) is 3. The summed E-state index contributed by atoms with van der Waals surface area (Å²) in [6.07, 6.45) is 4.10. The van der Waals surface area contributed by atoms with Crippen LogP contribution in [0.1, 0.15) is 16.7 Å². The number of rotatable bonds is 2. The summed E-state index contributed by atoms with van der Waals surface area (Å²) < 4.78 is 6.06. The molecule has 2 N–H and O–H groups in total. The maximum Gasteiger partial charge on any atom is 0.307 e. The zero-order chi connectivity index (χ0) is 12.8. The first-order valence-electron chi connectivity index (χ1n) is 6.03. The highest BCUT2D eigenvalue weighted by molar-refractivity contribution is 5.75. The molecule has 2 aliphatic rings. The van der Waals surface area contributed by atoms with Gasteiger partial charge in [-0.25, -0.2) is 0 Å². The summed E-state index contributed by atoms with van der Waals surface area (Å²) in [7, 11) is 0. The first kappa shape index (κ1) is 11.3. The lowest BCUT2D eigenvalue weighted by molar-refractivity contribution is -0.136. The Morgan fingerprint density at radius 1 is 1.50 bits per heavy atom. The minimum atomic E-state index is -0.828. The summed E-state index contributed by atoms with van der Waals surface area (Å²) >= 11 is 0. The van der Waals surface area contributed by atoms with Crippen LogP contribution in [0.5, 0.6) is 5.75 Å². The zero-order valence-corrected chi connectivity index (χ0v) is 10.2. The lowest BCUT2D eigenvalue weighted by atomic mass is 9.90. The largest absolute Gasteiger partial charge is 0.481 e. The molecule has 4 nitrogen and oxygen atoms in total. The minimum Gasteiger partial charge on any atom is -0.481 e. The predicted molar refractivity (Wildman–Crippen MR) is 67.8 cm³/mol. The smallest absolute Gasteiger partial charge is 0.307 e. The summed E-state index contributed by atoms with van der Waals surface area (Å²) in [5.41, 5.74) is 2.45. The van der Waals surface area contributed by atoms with Crippen molar-refractivity contribution in [2.24, 2.45) is 0 Å². The molecule has 4 heteroatoms. The van der Waals surface area contributed by atoms with E-state index in [1.54, 1.807) is 0 Å². The van der Waals surface area contributed by atoms with Gasteiger partial charge in [-0.05, 0) is 18.6 Å². The van der Waals surface area contributed by atoms with Crippen molar-refractivity contribution >= 4 is 12.0 Å². The Labute approximate surface area is 105 Å². The second-order valence-electron chi connectivity index (χ2n) is 4.95. The van der Waals surface area contributed by atoms with Crippen molar-refractivity contribution in [2.75, 3.05) is 13.1 Å². The lowest BCUT2D eigenvalue weighted by Crippen LogP contribution is -2.62. The maximum absolute atomic E-state index is 11.0. The van der Waals surface area contributed by atoms with Crippen molar-refractivity contribution in [3.63, 3.8) is 0 Å². The van der Waals surface area contributed by atoms with Gasteiger partial charge in [0.1, 0.15) is 5.75 Å². The van der Waals surface area contributed by atoms with Gasteiger partial charge in [-0.2, -0.15) is 0 Å². The number of carbonyl (C=O) groups is 1. The molecule has 0 radical (unpaired) electrons. The average molecular weight is 245 g/mol. The van der Waals surface area contributed by atoms with E-state index >= 15 is 0 Å². The number of nitrogens with one attached hydrogen (secondary N) is 1. The van der Waals surface area contributed by atoms with E-state index in [4.69, 9.17) is 9.84 Å². The predicted octanol–water partition coefficient (Wildman–Crippen LogP) is 1.37. The molecular formula is C14H15NO3. The molecule has 1 aromatic carbocycles. The van der Waals surface area contributed by atoms with Crippen molar-refractivity contribution in [2.45, 2.75) is 18.9 Å². The molecule has 0 atom stereocenters. The van der Waals surface area contributed by atoms with Crippen molar-refractivity contribution in [3.8, 4) is 5.75 Å². The van der Waals surface area contributed by atoms with E-state index in [0.717, 1.165) is 35.5 Å². The van der Waals surface area contributed by atoms with Gasteiger partial charge in [0.05, 0.1) is 6.42 Å². The standard InChI is InChI=1S/C14H15NO3/c1-9-2-3-10-4-5-14(7-15-8-14)18-13(10)11(9)6-12(16)17/h2-5,15H,6-8H2,1H3,(H,16,17). The van der Waals surface area contributed by atoms with Crippen LogP contribution in [-0.2, 0) is 11.2 Å². The summed E-state index contributed by atoms with van der Waals surface area (Å²) in [4.78, 5) is 11.0. The zero-order valence-electron chi connectivity index (χ0n) is 10.2. The fourth-order valence-electron chi connectivity index (χ4n) is 2.41. The number of aryl methyl sites for hydroxylation is 1. The Morgan fingerprint density at radius 2 is 2.28 bits per heavy atom. The molecule has 3 rings (SSSR count). The maximum atomic E-state index is 11.0. The quantitative estimate of drug-likeness (QED) is 0.826. The molecule has 1 fully saturated rings. The van der Waals surface area contributed by atoms with Crippen molar-refractivity contribution in [1.29, 1.82) is 0 Å². The monoisotopic (exact) mass is 245 g/mol. The summed E-state index contributed by atoms with van der Waals surface area (Å²) in [5, 5.41) is 12.2. The van der Waals surface area contributed by atoms with E-state index in [2.05, 4.69) is 11.4 Å². The number of carboxylic acid groups (broad SMARTS) is 1. The normalized spacial score (nSPS) is 18.9. The number of ether oxygens (including phenoxy) is 1. The van der Waals surface area contributed by atoms with E-state index in [-0.39, 0.29) is 12.0 Å². The molecule has 0 amide bonds. The van der Waals surface area contributed by atoms with Crippen LogP contribution >= 0.6 is 0 Å². The van der Waals surface area contributed by atoms with Gasteiger partial charge < -0.3 is 15.2 Å². The number of hydrogen-bond donors (Lipinski definition) is 2. The van der Waals surface area contributed by atoms with Crippen LogP contribution < -0.4 is 10.1 Å². The molecule has 0 aliphatic carbocycles. The van der Waals surface area contributed by atoms with Gasteiger partial charge in [-0.15, -0.1) is 0 Å². The molecule has 0 bridgehead atoms. The number of aliphatic carboxylic acids is 1. The molecule has 1 saturated heterocycles. The van der Waals surface area contributed by atoms with Crippen molar-refractivity contribution < 1.29 is 14.6 Å². The van der Waals surface area contributed by atoms with E-state index in [1.165, 1.54) is 0 Å². The fourth-order valence-corrected chi connectivity index (χ4v) is 2.41. The van der Waals surface area contributed by atoms with Gasteiger partial charge in [0.15, 0.2) is 5.60 Å². The fraction of sp³-hybridized carbons (Fsp3) is 0.357. The van der Waals surface area contributed by atoms with Gasteiger partial charge in [0.25, 0.3) is 0 Å². The van der Waals surface area contributed by atoms with Crippen LogP contribution in [0.2, 0.25) is 0 Å². The van der Waals surface area contributed by atoms with E-state index in [9.17, 15) is 4.79 Å².